The van der Waals surface area contributed by atoms with Gasteiger partial charge in [0.25, 0.3) is 15.9 Å². The molecule has 9 heteroatoms. The molecule has 0 unspecified atom stereocenters. The van der Waals surface area contributed by atoms with Crippen LogP contribution in [0.25, 0.3) is 0 Å². The predicted octanol–water partition coefficient (Wildman–Crippen LogP) is 1.19. The summed E-state index contributed by atoms with van der Waals surface area (Å²) in [5.74, 6) is 0.287. The van der Waals surface area contributed by atoms with E-state index in [0.717, 1.165) is 0 Å². The fourth-order valence-corrected chi connectivity index (χ4v) is 3.76. The maximum absolute atomic E-state index is 12.7. The van der Waals surface area contributed by atoms with Gasteiger partial charge in [0, 0.05) is 19.0 Å². The first-order chi connectivity index (χ1) is 11.9. The lowest BCUT2D eigenvalue weighted by Gasteiger charge is -2.17. The summed E-state index contributed by atoms with van der Waals surface area (Å²) in [6.45, 7) is 0.519. The zero-order chi connectivity index (χ0) is 18.0. The van der Waals surface area contributed by atoms with E-state index in [1.165, 1.54) is 38.6 Å². The molecule has 0 atom stereocenters. The Balaban J connectivity index is 1.97. The summed E-state index contributed by atoms with van der Waals surface area (Å²) in [7, 11) is -1.14. The molecule has 1 aromatic heterocycles. The molecule has 25 heavy (non-hydrogen) atoms. The Labute approximate surface area is 145 Å². The van der Waals surface area contributed by atoms with Crippen molar-refractivity contribution >= 4 is 21.6 Å². The monoisotopic (exact) mass is 363 g/mol. The number of ether oxygens (including phenoxy) is 2. The fourth-order valence-electron chi connectivity index (χ4n) is 2.54. The maximum Gasteiger partial charge on any atom is 0.265 e. The molecule has 0 fully saturated rings. The Hall–Kier alpha value is -2.81. The molecule has 0 radical (unpaired) electrons. The van der Waals surface area contributed by atoms with Gasteiger partial charge in [0.2, 0.25) is 0 Å². The minimum atomic E-state index is -3.96. The lowest BCUT2D eigenvalue weighted by Crippen LogP contribution is -2.32. The molecule has 0 aliphatic carbocycles. The highest BCUT2D eigenvalue weighted by Crippen LogP contribution is 2.30. The van der Waals surface area contributed by atoms with Crippen molar-refractivity contribution in [3.63, 3.8) is 0 Å². The smallest absolute Gasteiger partial charge is 0.265 e. The number of anilines is 1. The highest BCUT2D eigenvalue weighted by atomic mass is 32.2. The van der Waals surface area contributed by atoms with Gasteiger partial charge in [0.15, 0.2) is 0 Å². The van der Waals surface area contributed by atoms with Crippen LogP contribution in [0.2, 0.25) is 0 Å². The number of carbonyl (C=O) groups is 1. The summed E-state index contributed by atoms with van der Waals surface area (Å²) in [6.07, 6.45) is 2.00. The number of hydrogen-bond acceptors (Lipinski definition) is 6. The van der Waals surface area contributed by atoms with Gasteiger partial charge in [0.1, 0.15) is 16.4 Å². The highest BCUT2D eigenvalue weighted by molar-refractivity contribution is 7.92. The van der Waals surface area contributed by atoms with Gasteiger partial charge in [-0.2, -0.15) is 0 Å². The predicted molar refractivity (Wildman–Crippen MR) is 90.6 cm³/mol. The van der Waals surface area contributed by atoms with Crippen LogP contribution in [0.15, 0.2) is 35.4 Å². The summed E-state index contributed by atoms with van der Waals surface area (Å²) < 4.78 is 38.1. The van der Waals surface area contributed by atoms with Crippen molar-refractivity contribution in [3.8, 4) is 11.5 Å². The van der Waals surface area contributed by atoms with Crippen molar-refractivity contribution in [1.82, 2.24) is 10.3 Å². The molecule has 2 heterocycles. The number of nitrogens with one attached hydrogen (secondary N) is 2. The van der Waals surface area contributed by atoms with Crippen LogP contribution in [0.3, 0.4) is 0 Å². The topological polar surface area (TPSA) is 107 Å². The van der Waals surface area contributed by atoms with Crippen LogP contribution in [0, 0.1) is 0 Å². The molecular weight excluding hydrogens is 346 g/mol. The Morgan fingerprint density at radius 3 is 2.72 bits per heavy atom. The lowest BCUT2D eigenvalue weighted by atomic mass is 10.1. The molecule has 132 valence electrons. The van der Waals surface area contributed by atoms with Crippen LogP contribution in [0.1, 0.15) is 16.1 Å². The number of pyridine rings is 1. The summed E-state index contributed by atoms with van der Waals surface area (Å²) in [5, 5.41) is 2.70. The number of carbonyl (C=O) groups excluding carboxylic acids is 1. The number of benzene rings is 1. The normalized spacial score (nSPS) is 13.6. The second-order valence-electron chi connectivity index (χ2n) is 5.35. The maximum atomic E-state index is 12.7. The first-order valence-electron chi connectivity index (χ1n) is 7.46. The SMILES string of the molecule is COc1ccc(OC)c(S(=O)(=O)Nc2cnc3c(c2)C(=O)NCC3)c1. The number of fused-ring (bicyclic) bond motifs is 1. The standard InChI is InChI=1S/C16H17N3O5S/c1-23-11-3-4-14(24-2)15(8-11)25(21,22)19-10-7-12-13(18-9-10)5-6-17-16(12)20/h3-4,7-9,19H,5-6H2,1-2H3,(H,17,20). The molecular formula is C16H17N3O5S. The Bertz CT molecular complexity index is 927. The molecule has 0 bridgehead atoms. The van der Waals surface area contributed by atoms with E-state index in [-0.39, 0.29) is 22.2 Å². The van der Waals surface area contributed by atoms with Crippen LogP contribution in [-0.2, 0) is 16.4 Å². The molecule has 1 aliphatic rings. The third-order valence-electron chi connectivity index (χ3n) is 3.77. The lowest BCUT2D eigenvalue weighted by molar-refractivity contribution is 0.0945. The van der Waals surface area contributed by atoms with Crippen LogP contribution in [0.4, 0.5) is 5.69 Å². The molecule has 2 N–H and O–H groups in total. The number of amides is 1. The van der Waals surface area contributed by atoms with Crippen molar-refractivity contribution in [2.45, 2.75) is 11.3 Å². The molecule has 1 aliphatic heterocycles. The van der Waals surface area contributed by atoms with Crippen LogP contribution in [-0.4, -0.2) is 40.1 Å². The van der Waals surface area contributed by atoms with Crippen molar-refractivity contribution < 1.29 is 22.7 Å². The average molecular weight is 363 g/mol. The third-order valence-corrected chi connectivity index (χ3v) is 5.18. The van der Waals surface area contributed by atoms with Crippen molar-refractivity contribution in [2.24, 2.45) is 0 Å². The number of rotatable bonds is 5. The molecule has 0 saturated carbocycles. The number of methoxy groups -OCH3 is 2. The third kappa shape index (κ3) is 3.36. The summed E-state index contributed by atoms with van der Waals surface area (Å²) in [6, 6.07) is 5.94. The van der Waals surface area contributed by atoms with Gasteiger partial charge in [-0.3, -0.25) is 14.5 Å². The van der Waals surface area contributed by atoms with E-state index in [1.54, 1.807) is 6.07 Å². The zero-order valence-corrected chi connectivity index (χ0v) is 14.5. The van der Waals surface area contributed by atoms with Crippen molar-refractivity contribution in [2.75, 3.05) is 25.5 Å². The molecule has 0 saturated heterocycles. The first-order valence-corrected chi connectivity index (χ1v) is 8.95. The largest absolute Gasteiger partial charge is 0.497 e. The Morgan fingerprint density at radius 2 is 2.00 bits per heavy atom. The van der Waals surface area contributed by atoms with Gasteiger partial charge in [-0.05, 0) is 18.2 Å². The van der Waals surface area contributed by atoms with Gasteiger partial charge in [-0.15, -0.1) is 0 Å². The fraction of sp³-hybridized carbons (Fsp3) is 0.250. The van der Waals surface area contributed by atoms with Crippen LogP contribution < -0.4 is 19.5 Å². The minimum Gasteiger partial charge on any atom is -0.497 e. The number of nitrogens with zero attached hydrogens (tertiary/aromatic N) is 1. The van der Waals surface area contributed by atoms with Gasteiger partial charge in [-0.1, -0.05) is 0 Å². The second kappa shape index (κ2) is 6.60. The summed E-state index contributed by atoms with van der Waals surface area (Å²) in [4.78, 5) is 16.0. The van der Waals surface area contributed by atoms with E-state index in [2.05, 4.69) is 15.0 Å². The summed E-state index contributed by atoms with van der Waals surface area (Å²) in [5.41, 5.74) is 1.20. The Morgan fingerprint density at radius 1 is 1.20 bits per heavy atom. The van der Waals surface area contributed by atoms with E-state index in [0.29, 0.717) is 30.0 Å². The van der Waals surface area contributed by atoms with Gasteiger partial charge >= 0.3 is 0 Å². The number of aromatic nitrogens is 1. The summed E-state index contributed by atoms with van der Waals surface area (Å²) >= 11 is 0. The van der Waals surface area contributed by atoms with E-state index in [4.69, 9.17) is 9.47 Å². The first kappa shape index (κ1) is 17.0. The number of sulfonamides is 1. The molecule has 0 spiro atoms. The van der Waals surface area contributed by atoms with Gasteiger partial charge < -0.3 is 14.8 Å². The minimum absolute atomic E-state index is 0.0727. The van der Waals surface area contributed by atoms with E-state index >= 15 is 0 Å². The zero-order valence-electron chi connectivity index (χ0n) is 13.7. The van der Waals surface area contributed by atoms with Crippen molar-refractivity contribution in [3.05, 3.63) is 41.7 Å². The molecule has 3 rings (SSSR count). The van der Waals surface area contributed by atoms with Gasteiger partial charge in [-0.25, -0.2) is 8.42 Å². The average Bonchev–Trinajstić information content (AvgIpc) is 2.61. The van der Waals surface area contributed by atoms with E-state index in [9.17, 15) is 13.2 Å². The number of hydrogen-bond donors (Lipinski definition) is 2. The Kier molecular flexibility index (Phi) is 4.49. The molecule has 2 aromatic rings. The molecule has 1 aromatic carbocycles. The molecule has 1 amide bonds. The second-order valence-corrected chi connectivity index (χ2v) is 7.00. The highest BCUT2D eigenvalue weighted by Gasteiger charge is 2.23. The van der Waals surface area contributed by atoms with E-state index in [1.807, 2.05) is 0 Å². The van der Waals surface area contributed by atoms with Crippen molar-refractivity contribution in [1.29, 1.82) is 0 Å². The van der Waals surface area contributed by atoms with Crippen LogP contribution >= 0.6 is 0 Å². The quantitative estimate of drug-likeness (QED) is 0.826. The van der Waals surface area contributed by atoms with E-state index < -0.39 is 10.0 Å². The van der Waals surface area contributed by atoms with Crippen LogP contribution in [0.5, 0.6) is 11.5 Å². The van der Waals surface area contributed by atoms with Gasteiger partial charge in [0.05, 0.1) is 37.4 Å². The molecule has 8 nitrogen and oxygen atoms in total.